The maximum atomic E-state index is 5.72. The number of rotatable bonds is 6. The normalized spacial score (nSPS) is 12.4. The van der Waals surface area contributed by atoms with Crippen molar-refractivity contribution in [3.8, 4) is 0 Å². The molecule has 0 aliphatic rings. The van der Waals surface area contributed by atoms with Crippen molar-refractivity contribution in [2.45, 2.75) is 18.9 Å². The predicted octanol–water partition coefficient (Wildman–Crippen LogP) is 1.62. The fraction of sp³-hybridized carbons (Fsp3) is 0.400. The number of hydrazine groups is 1. The van der Waals surface area contributed by atoms with E-state index in [0.29, 0.717) is 0 Å². The zero-order chi connectivity index (χ0) is 14.5. The Morgan fingerprint density at radius 2 is 2.20 bits per heavy atom. The van der Waals surface area contributed by atoms with Crippen LogP contribution < -0.4 is 16.2 Å². The fourth-order valence-corrected chi connectivity index (χ4v) is 2.28. The molecule has 0 fully saturated rings. The highest BCUT2D eigenvalue weighted by atomic mass is 15.2. The van der Waals surface area contributed by atoms with Crippen LogP contribution in [0.4, 0.5) is 5.69 Å². The maximum absolute atomic E-state index is 5.72. The molecule has 1 aromatic carbocycles. The first-order valence-electron chi connectivity index (χ1n) is 6.81. The summed E-state index contributed by atoms with van der Waals surface area (Å²) in [6, 6.07) is 8.60. The van der Waals surface area contributed by atoms with Crippen LogP contribution in [-0.4, -0.2) is 23.9 Å². The third-order valence-electron chi connectivity index (χ3n) is 3.47. The van der Waals surface area contributed by atoms with Crippen LogP contribution in [-0.2, 0) is 13.5 Å². The zero-order valence-corrected chi connectivity index (χ0v) is 12.4. The van der Waals surface area contributed by atoms with Crippen LogP contribution in [0.3, 0.4) is 0 Å². The highest BCUT2D eigenvalue weighted by Gasteiger charge is 2.11. The lowest BCUT2D eigenvalue weighted by atomic mass is 10.00. The second-order valence-corrected chi connectivity index (χ2v) is 5.27. The maximum Gasteiger partial charge on any atom is 0.0521 e. The van der Waals surface area contributed by atoms with Gasteiger partial charge in [0.05, 0.1) is 6.20 Å². The molecule has 0 aliphatic heterocycles. The van der Waals surface area contributed by atoms with Gasteiger partial charge < -0.3 is 4.90 Å². The Morgan fingerprint density at radius 3 is 2.80 bits per heavy atom. The molecule has 1 aromatic heterocycles. The van der Waals surface area contributed by atoms with Gasteiger partial charge in [0.1, 0.15) is 0 Å². The average molecular weight is 273 g/mol. The Bertz CT molecular complexity index is 547. The third kappa shape index (κ3) is 3.59. The molecule has 5 nitrogen and oxygen atoms in total. The molecule has 2 rings (SSSR count). The Morgan fingerprint density at radius 1 is 1.40 bits per heavy atom. The van der Waals surface area contributed by atoms with Crippen LogP contribution in [0.25, 0.3) is 0 Å². The van der Waals surface area contributed by atoms with Crippen LogP contribution in [0.5, 0.6) is 0 Å². The Balaban J connectivity index is 2.05. The molecule has 1 atom stereocenters. The van der Waals surface area contributed by atoms with Crippen molar-refractivity contribution in [2.24, 2.45) is 12.9 Å². The number of benzene rings is 1. The quantitative estimate of drug-likeness (QED) is 0.620. The predicted molar refractivity (Wildman–Crippen MR) is 82.4 cm³/mol. The number of nitrogens with two attached hydrogens (primary N) is 1. The van der Waals surface area contributed by atoms with Gasteiger partial charge in [0.25, 0.3) is 0 Å². The standard InChI is InChI=1S/C15H23N5/c1-19(2)14-6-4-5-13(9-14)15(18-16)8-7-12-10-17-20(3)11-12/h4-6,9-11,15,18H,7-8,16H2,1-3H3. The summed E-state index contributed by atoms with van der Waals surface area (Å²) in [6.45, 7) is 0. The van der Waals surface area contributed by atoms with Crippen molar-refractivity contribution in [3.63, 3.8) is 0 Å². The van der Waals surface area contributed by atoms with Gasteiger partial charge in [-0.1, -0.05) is 12.1 Å². The van der Waals surface area contributed by atoms with Gasteiger partial charge in [0.2, 0.25) is 0 Å². The van der Waals surface area contributed by atoms with Crippen LogP contribution >= 0.6 is 0 Å². The molecular formula is C15H23N5. The van der Waals surface area contributed by atoms with E-state index in [4.69, 9.17) is 5.84 Å². The fourth-order valence-electron chi connectivity index (χ4n) is 2.28. The van der Waals surface area contributed by atoms with E-state index in [0.717, 1.165) is 12.8 Å². The summed E-state index contributed by atoms with van der Waals surface area (Å²) < 4.78 is 1.83. The van der Waals surface area contributed by atoms with Gasteiger partial charge >= 0.3 is 0 Å². The van der Waals surface area contributed by atoms with Crippen molar-refractivity contribution in [1.29, 1.82) is 0 Å². The summed E-state index contributed by atoms with van der Waals surface area (Å²) >= 11 is 0. The van der Waals surface area contributed by atoms with Gasteiger partial charge in [0, 0.05) is 39.1 Å². The molecule has 5 heteroatoms. The third-order valence-corrected chi connectivity index (χ3v) is 3.47. The van der Waals surface area contributed by atoms with Crippen LogP contribution in [0.1, 0.15) is 23.6 Å². The second-order valence-electron chi connectivity index (χ2n) is 5.27. The minimum absolute atomic E-state index is 0.148. The molecule has 108 valence electrons. The molecule has 20 heavy (non-hydrogen) atoms. The lowest BCUT2D eigenvalue weighted by molar-refractivity contribution is 0.516. The van der Waals surface area contributed by atoms with Crippen LogP contribution in [0.2, 0.25) is 0 Å². The number of aryl methyl sites for hydroxylation is 2. The molecule has 0 bridgehead atoms. The van der Waals surface area contributed by atoms with E-state index >= 15 is 0 Å². The van der Waals surface area contributed by atoms with E-state index < -0.39 is 0 Å². The van der Waals surface area contributed by atoms with E-state index in [-0.39, 0.29) is 6.04 Å². The summed E-state index contributed by atoms with van der Waals surface area (Å²) in [7, 11) is 6.02. The highest BCUT2D eigenvalue weighted by molar-refractivity contribution is 5.47. The Labute approximate surface area is 120 Å². The summed E-state index contributed by atoms with van der Waals surface area (Å²) in [5, 5.41) is 4.19. The summed E-state index contributed by atoms with van der Waals surface area (Å²) in [5.74, 6) is 5.72. The van der Waals surface area contributed by atoms with E-state index in [1.54, 1.807) is 0 Å². The number of aromatic nitrogens is 2. The van der Waals surface area contributed by atoms with Gasteiger partial charge in [-0.05, 0) is 36.1 Å². The molecule has 0 spiro atoms. The van der Waals surface area contributed by atoms with Crippen LogP contribution in [0.15, 0.2) is 36.7 Å². The van der Waals surface area contributed by atoms with Gasteiger partial charge in [-0.15, -0.1) is 0 Å². The monoisotopic (exact) mass is 273 g/mol. The summed E-state index contributed by atoms with van der Waals surface area (Å²) in [5.41, 5.74) is 6.54. The first kappa shape index (κ1) is 14.6. The van der Waals surface area contributed by atoms with Crippen molar-refractivity contribution in [2.75, 3.05) is 19.0 Å². The minimum atomic E-state index is 0.148. The molecule has 0 radical (unpaired) electrons. The minimum Gasteiger partial charge on any atom is -0.378 e. The molecule has 0 saturated carbocycles. The zero-order valence-electron chi connectivity index (χ0n) is 12.4. The topological polar surface area (TPSA) is 59.1 Å². The van der Waals surface area contributed by atoms with Crippen molar-refractivity contribution >= 4 is 5.69 Å². The highest BCUT2D eigenvalue weighted by Crippen LogP contribution is 2.22. The molecular weight excluding hydrogens is 250 g/mol. The second kappa shape index (κ2) is 6.54. The van der Waals surface area contributed by atoms with E-state index in [1.807, 2.05) is 38.2 Å². The number of nitrogens with zero attached hydrogens (tertiary/aromatic N) is 3. The summed E-state index contributed by atoms with van der Waals surface area (Å²) in [6.07, 6.45) is 5.85. The Kier molecular flexibility index (Phi) is 4.76. The smallest absolute Gasteiger partial charge is 0.0521 e. The molecule has 0 aliphatic carbocycles. The molecule has 0 amide bonds. The number of anilines is 1. The molecule has 2 aromatic rings. The largest absolute Gasteiger partial charge is 0.378 e. The number of hydrogen-bond donors (Lipinski definition) is 2. The van der Waals surface area contributed by atoms with Crippen molar-refractivity contribution in [1.82, 2.24) is 15.2 Å². The molecule has 0 saturated heterocycles. The summed E-state index contributed by atoms with van der Waals surface area (Å²) in [4.78, 5) is 2.10. The van der Waals surface area contributed by atoms with Crippen molar-refractivity contribution < 1.29 is 0 Å². The van der Waals surface area contributed by atoms with Gasteiger partial charge in [-0.3, -0.25) is 16.0 Å². The van der Waals surface area contributed by atoms with E-state index in [9.17, 15) is 0 Å². The average Bonchev–Trinajstić information content (AvgIpc) is 2.85. The molecule has 1 heterocycles. The van der Waals surface area contributed by atoms with E-state index in [1.165, 1.54) is 16.8 Å². The number of hydrogen-bond acceptors (Lipinski definition) is 4. The lowest BCUT2D eigenvalue weighted by Gasteiger charge is -2.19. The first-order valence-corrected chi connectivity index (χ1v) is 6.81. The molecule has 3 N–H and O–H groups in total. The SMILES string of the molecule is CN(C)c1cccc(C(CCc2cnn(C)c2)NN)c1. The van der Waals surface area contributed by atoms with Gasteiger partial charge in [0.15, 0.2) is 0 Å². The first-order chi connectivity index (χ1) is 9.60. The van der Waals surface area contributed by atoms with E-state index in [2.05, 4.69) is 39.7 Å². The lowest BCUT2D eigenvalue weighted by Crippen LogP contribution is -2.28. The molecule has 1 unspecified atom stereocenters. The van der Waals surface area contributed by atoms with Crippen LogP contribution in [0, 0.1) is 0 Å². The number of nitrogens with one attached hydrogen (secondary N) is 1. The van der Waals surface area contributed by atoms with Crippen molar-refractivity contribution in [3.05, 3.63) is 47.8 Å². The Hall–Kier alpha value is -1.85. The van der Waals surface area contributed by atoms with Gasteiger partial charge in [-0.25, -0.2) is 0 Å². The van der Waals surface area contributed by atoms with Gasteiger partial charge in [-0.2, -0.15) is 5.10 Å².